The summed E-state index contributed by atoms with van der Waals surface area (Å²) in [6.07, 6.45) is 1.45. The fourth-order valence-electron chi connectivity index (χ4n) is 3.22. The minimum absolute atomic E-state index is 0.228. The zero-order valence-electron chi connectivity index (χ0n) is 16.0. The highest BCUT2D eigenvalue weighted by Crippen LogP contribution is 2.30. The van der Waals surface area contributed by atoms with Crippen LogP contribution in [0.25, 0.3) is 0 Å². The molecule has 0 spiro atoms. The molecule has 2 aromatic carbocycles. The summed E-state index contributed by atoms with van der Waals surface area (Å²) < 4.78 is 10.8. The summed E-state index contributed by atoms with van der Waals surface area (Å²) in [4.78, 5) is 24.6. The number of hydrogen-bond donors (Lipinski definition) is 1. The molecular formula is C22H24ClNO4. The molecule has 2 atom stereocenters. The van der Waals surface area contributed by atoms with E-state index in [-0.39, 0.29) is 19.1 Å². The molecule has 0 radical (unpaired) electrons. The lowest BCUT2D eigenvalue weighted by Crippen LogP contribution is -2.32. The maximum absolute atomic E-state index is 12.4. The first-order valence-electron chi connectivity index (χ1n) is 9.44. The van der Waals surface area contributed by atoms with Crippen LogP contribution in [0.5, 0.6) is 5.75 Å². The molecule has 0 saturated carbocycles. The van der Waals surface area contributed by atoms with Gasteiger partial charge in [0.25, 0.3) is 5.91 Å². The zero-order chi connectivity index (χ0) is 20.1. The molecular weight excluding hydrogens is 378 g/mol. The average molecular weight is 402 g/mol. The normalized spacial score (nSPS) is 16.5. The molecule has 0 saturated heterocycles. The number of carbonyl (C=O) groups excluding carboxylic acids is 2. The van der Waals surface area contributed by atoms with Gasteiger partial charge in [0.2, 0.25) is 0 Å². The molecule has 0 fully saturated rings. The number of carbonyl (C=O) groups is 2. The summed E-state index contributed by atoms with van der Waals surface area (Å²) in [5.74, 6) is -0.204. The predicted molar refractivity (Wildman–Crippen MR) is 109 cm³/mol. The van der Waals surface area contributed by atoms with Crippen molar-refractivity contribution < 1.29 is 19.1 Å². The van der Waals surface area contributed by atoms with Gasteiger partial charge >= 0.3 is 5.97 Å². The number of hydrogen-bond acceptors (Lipinski definition) is 4. The quantitative estimate of drug-likeness (QED) is 0.719. The van der Waals surface area contributed by atoms with Crippen LogP contribution >= 0.6 is 11.6 Å². The van der Waals surface area contributed by atoms with Gasteiger partial charge in [-0.3, -0.25) is 9.59 Å². The number of benzene rings is 2. The number of ether oxygens (including phenoxy) is 2. The fourth-order valence-corrected chi connectivity index (χ4v) is 3.41. The van der Waals surface area contributed by atoms with E-state index in [0.717, 1.165) is 29.0 Å². The summed E-state index contributed by atoms with van der Waals surface area (Å²) >= 11 is 6.00. The molecule has 2 aromatic rings. The molecule has 148 valence electrons. The number of anilines is 1. The molecule has 1 amide bonds. The number of amides is 1. The van der Waals surface area contributed by atoms with Crippen LogP contribution in [-0.2, 0) is 20.7 Å². The summed E-state index contributed by atoms with van der Waals surface area (Å²) in [7, 11) is 0. The van der Waals surface area contributed by atoms with Crippen molar-refractivity contribution in [1.29, 1.82) is 0 Å². The number of nitrogens with one attached hydrogen (secondary N) is 1. The first-order valence-corrected chi connectivity index (χ1v) is 9.82. The molecule has 0 aromatic heterocycles. The highest BCUT2D eigenvalue weighted by molar-refractivity contribution is 6.30. The smallest absolute Gasteiger partial charge is 0.313 e. The molecule has 6 heteroatoms. The number of rotatable bonds is 6. The van der Waals surface area contributed by atoms with Gasteiger partial charge < -0.3 is 14.8 Å². The largest absolute Gasteiger partial charge is 0.492 e. The zero-order valence-corrected chi connectivity index (χ0v) is 16.8. The van der Waals surface area contributed by atoms with E-state index in [0.29, 0.717) is 17.4 Å². The Morgan fingerprint density at radius 2 is 2.07 bits per heavy atom. The molecule has 0 unspecified atom stereocenters. The Labute approximate surface area is 170 Å². The van der Waals surface area contributed by atoms with Crippen LogP contribution < -0.4 is 10.1 Å². The highest BCUT2D eigenvalue weighted by Gasteiger charge is 2.28. The third kappa shape index (κ3) is 4.84. The van der Waals surface area contributed by atoms with Crippen molar-refractivity contribution in [2.75, 3.05) is 18.5 Å². The average Bonchev–Trinajstić information content (AvgIpc) is 2.71. The van der Waals surface area contributed by atoms with E-state index in [2.05, 4.69) is 19.2 Å². The maximum atomic E-state index is 12.4. The molecule has 1 aliphatic rings. The number of halogens is 1. The Bertz CT molecular complexity index is 867. The monoisotopic (exact) mass is 401 g/mol. The van der Waals surface area contributed by atoms with Crippen molar-refractivity contribution in [3.63, 3.8) is 0 Å². The molecule has 1 heterocycles. The predicted octanol–water partition coefficient (Wildman–Crippen LogP) is 4.59. The van der Waals surface area contributed by atoms with Crippen molar-refractivity contribution in [3.8, 4) is 5.75 Å². The Hall–Kier alpha value is -2.53. The SMILES string of the molecule is CC[C@@H](C)c1ccccc1NC(=O)COC(=O)[C@H]1COc2ccc(Cl)cc2C1. The van der Waals surface area contributed by atoms with Crippen LogP contribution in [0.15, 0.2) is 42.5 Å². The number of esters is 1. The second kappa shape index (κ2) is 9.11. The Balaban J connectivity index is 1.55. The first kappa shape index (κ1) is 20.2. The van der Waals surface area contributed by atoms with Gasteiger partial charge in [-0.2, -0.15) is 0 Å². The van der Waals surface area contributed by atoms with Crippen molar-refractivity contribution in [2.24, 2.45) is 5.92 Å². The second-order valence-corrected chi connectivity index (χ2v) is 7.45. The lowest BCUT2D eigenvalue weighted by molar-refractivity contribution is -0.152. The number of fused-ring (bicyclic) bond motifs is 1. The van der Waals surface area contributed by atoms with Gasteiger partial charge in [0, 0.05) is 10.7 Å². The molecule has 0 bridgehead atoms. The van der Waals surface area contributed by atoms with Crippen molar-refractivity contribution in [3.05, 3.63) is 58.6 Å². The summed E-state index contributed by atoms with van der Waals surface area (Å²) in [5.41, 5.74) is 2.69. The summed E-state index contributed by atoms with van der Waals surface area (Å²) in [5, 5.41) is 3.44. The van der Waals surface area contributed by atoms with Crippen molar-refractivity contribution in [1.82, 2.24) is 0 Å². The molecule has 28 heavy (non-hydrogen) atoms. The van der Waals surface area contributed by atoms with Crippen molar-refractivity contribution >= 4 is 29.2 Å². The second-order valence-electron chi connectivity index (χ2n) is 7.02. The van der Waals surface area contributed by atoms with Gasteiger partial charge in [0.1, 0.15) is 12.4 Å². The maximum Gasteiger partial charge on any atom is 0.313 e. The summed E-state index contributed by atoms with van der Waals surface area (Å²) in [6, 6.07) is 13.0. The third-order valence-corrected chi connectivity index (χ3v) is 5.22. The van der Waals surface area contributed by atoms with E-state index < -0.39 is 11.9 Å². The van der Waals surface area contributed by atoms with Crippen molar-refractivity contribution in [2.45, 2.75) is 32.6 Å². The van der Waals surface area contributed by atoms with Gasteiger partial charge in [-0.05, 0) is 54.2 Å². The Kier molecular flexibility index (Phi) is 6.57. The van der Waals surface area contributed by atoms with Crippen LogP contribution in [0.3, 0.4) is 0 Å². The van der Waals surface area contributed by atoms with Gasteiger partial charge in [-0.1, -0.05) is 43.6 Å². The van der Waals surface area contributed by atoms with Crippen LogP contribution in [0.1, 0.15) is 37.3 Å². The third-order valence-electron chi connectivity index (χ3n) is 4.99. The lowest BCUT2D eigenvalue weighted by Gasteiger charge is -2.24. The molecule has 1 N–H and O–H groups in total. The molecule has 0 aliphatic carbocycles. The minimum Gasteiger partial charge on any atom is -0.492 e. The fraction of sp³-hybridized carbons (Fsp3) is 0.364. The Morgan fingerprint density at radius 3 is 2.86 bits per heavy atom. The standard InChI is InChI=1S/C22H24ClNO4/c1-3-14(2)18-6-4-5-7-19(18)24-21(25)13-28-22(26)16-10-15-11-17(23)8-9-20(15)27-12-16/h4-9,11,14,16H,3,10,12-13H2,1-2H3,(H,24,25)/t14-,16-/m1/s1. The van der Waals surface area contributed by atoms with Crippen LogP contribution in [-0.4, -0.2) is 25.1 Å². The van der Waals surface area contributed by atoms with E-state index in [1.54, 1.807) is 18.2 Å². The lowest BCUT2D eigenvalue weighted by atomic mass is 9.97. The Morgan fingerprint density at radius 1 is 1.29 bits per heavy atom. The molecule has 3 rings (SSSR count). The summed E-state index contributed by atoms with van der Waals surface area (Å²) in [6.45, 7) is 4.11. The first-order chi connectivity index (χ1) is 13.5. The van der Waals surface area contributed by atoms with E-state index in [4.69, 9.17) is 21.1 Å². The van der Waals surface area contributed by atoms with Crippen LogP contribution in [0.2, 0.25) is 5.02 Å². The van der Waals surface area contributed by atoms with Gasteiger partial charge in [0.15, 0.2) is 6.61 Å². The van der Waals surface area contributed by atoms with Gasteiger partial charge in [-0.25, -0.2) is 0 Å². The minimum atomic E-state index is -0.453. The number of para-hydroxylation sites is 1. The van der Waals surface area contributed by atoms with Gasteiger partial charge in [0.05, 0.1) is 5.92 Å². The molecule has 1 aliphatic heterocycles. The van der Waals surface area contributed by atoms with Gasteiger partial charge in [-0.15, -0.1) is 0 Å². The van der Waals surface area contributed by atoms with Crippen LogP contribution in [0.4, 0.5) is 5.69 Å². The van der Waals surface area contributed by atoms with E-state index in [9.17, 15) is 9.59 Å². The van der Waals surface area contributed by atoms with E-state index >= 15 is 0 Å². The molecule has 5 nitrogen and oxygen atoms in total. The van der Waals surface area contributed by atoms with Crippen LogP contribution in [0, 0.1) is 5.92 Å². The highest BCUT2D eigenvalue weighted by atomic mass is 35.5. The topological polar surface area (TPSA) is 64.6 Å². The van der Waals surface area contributed by atoms with E-state index in [1.165, 1.54) is 0 Å². The van der Waals surface area contributed by atoms with E-state index in [1.807, 2.05) is 24.3 Å².